The minimum Gasteiger partial charge on any atom is -0.444 e. The highest BCUT2D eigenvalue weighted by Gasteiger charge is 2.56. The van der Waals surface area contributed by atoms with Crippen molar-refractivity contribution in [3.05, 3.63) is 42.3 Å². The highest BCUT2D eigenvalue weighted by atomic mass is 19.4. The number of aromatic nitrogens is 1. The molecule has 5 nitrogen and oxygen atoms in total. The first kappa shape index (κ1) is 18.3. The summed E-state index contributed by atoms with van der Waals surface area (Å²) < 4.78 is 44.8. The molecule has 1 atom stereocenters. The van der Waals surface area contributed by atoms with Crippen LogP contribution in [0.4, 0.5) is 18.0 Å². The first-order chi connectivity index (χ1) is 12.2. The molecule has 2 heterocycles. The fourth-order valence-corrected chi connectivity index (χ4v) is 3.38. The van der Waals surface area contributed by atoms with Crippen LogP contribution in [-0.4, -0.2) is 34.2 Å². The first-order valence-corrected chi connectivity index (χ1v) is 8.31. The molecule has 26 heavy (non-hydrogen) atoms. The van der Waals surface area contributed by atoms with Gasteiger partial charge in [-0.25, -0.2) is 9.78 Å². The van der Waals surface area contributed by atoms with Gasteiger partial charge in [0.25, 0.3) is 0 Å². The van der Waals surface area contributed by atoms with E-state index in [1.165, 1.54) is 25.0 Å². The Labute approximate surface area is 149 Å². The van der Waals surface area contributed by atoms with Crippen molar-refractivity contribution in [3.8, 4) is 11.5 Å². The van der Waals surface area contributed by atoms with Gasteiger partial charge in [0, 0.05) is 12.1 Å². The Morgan fingerprint density at radius 1 is 1.35 bits per heavy atom. The van der Waals surface area contributed by atoms with E-state index in [0.29, 0.717) is 11.6 Å². The van der Waals surface area contributed by atoms with Crippen LogP contribution in [0.2, 0.25) is 0 Å². The summed E-state index contributed by atoms with van der Waals surface area (Å²) in [5.74, 6) is -1.11. The molecule has 1 fully saturated rings. The summed E-state index contributed by atoms with van der Waals surface area (Å²) in [6.07, 6.45) is -2.99. The minimum atomic E-state index is -4.32. The number of likely N-dealkylation sites (tertiary alicyclic amines) is 1. The van der Waals surface area contributed by atoms with Crippen LogP contribution >= 0.6 is 0 Å². The van der Waals surface area contributed by atoms with Crippen LogP contribution in [0.15, 0.2) is 41.0 Å². The second-order valence-corrected chi connectivity index (χ2v) is 6.86. The van der Waals surface area contributed by atoms with E-state index in [9.17, 15) is 18.0 Å². The minimum absolute atomic E-state index is 0.0666. The summed E-state index contributed by atoms with van der Waals surface area (Å²) in [5.41, 5.74) is 0.0156. The zero-order chi connectivity index (χ0) is 18.9. The Morgan fingerprint density at radius 2 is 2.04 bits per heavy atom. The van der Waals surface area contributed by atoms with Crippen LogP contribution in [-0.2, 0) is 6.54 Å². The highest BCUT2D eigenvalue weighted by molar-refractivity contribution is 5.75. The molecular formula is C18H20F3N3O2. The fraction of sp³-hybridized carbons (Fsp3) is 0.444. The molecule has 140 valence electrons. The van der Waals surface area contributed by atoms with Crippen molar-refractivity contribution < 1.29 is 22.4 Å². The third-order valence-electron chi connectivity index (χ3n) is 4.82. The summed E-state index contributed by atoms with van der Waals surface area (Å²) in [4.78, 5) is 17.9. The highest BCUT2D eigenvalue weighted by Crippen LogP contribution is 2.44. The van der Waals surface area contributed by atoms with Gasteiger partial charge in [-0.2, -0.15) is 13.2 Å². The molecule has 1 aliphatic rings. The number of nitrogens with zero attached hydrogens (tertiary/aromatic N) is 2. The lowest BCUT2D eigenvalue weighted by molar-refractivity contribution is -0.189. The summed E-state index contributed by atoms with van der Waals surface area (Å²) in [7, 11) is 0. The summed E-state index contributed by atoms with van der Waals surface area (Å²) >= 11 is 0. The quantitative estimate of drug-likeness (QED) is 0.884. The third-order valence-corrected chi connectivity index (χ3v) is 4.82. The lowest BCUT2D eigenvalue weighted by Gasteiger charge is -2.36. The first-order valence-electron chi connectivity index (χ1n) is 8.31. The maximum atomic E-state index is 13.1. The molecule has 1 aromatic heterocycles. The molecule has 1 N–H and O–H groups in total. The van der Waals surface area contributed by atoms with E-state index in [1.54, 1.807) is 0 Å². The average molecular weight is 367 g/mol. The molecule has 0 aliphatic carbocycles. The van der Waals surface area contributed by atoms with Crippen molar-refractivity contribution in [2.75, 3.05) is 6.54 Å². The van der Waals surface area contributed by atoms with E-state index in [1.807, 2.05) is 30.3 Å². The predicted molar refractivity (Wildman–Crippen MR) is 89.1 cm³/mol. The Balaban J connectivity index is 1.62. The second kappa shape index (κ2) is 6.66. The van der Waals surface area contributed by atoms with Crippen molar-refractivity contribution >= 4 is 6.03 Å². The van der Waals surface area contributed by atoms with Crippen molar-refractivity contribution in [1.82, 2.24) is 15.2 Å². The summed E-state index contributed by atoms with van der Waals surface area (Å²) in [6.45, 7) is 3.04. The van der Waals surface area contributed by atoms with Crippen LogP contribution in [0.1, 0.15) is 26.0 Å². The molecule has 2 amide bonds. The summed E-state index contributed by atoms with van der Waals surface area (Å²) in [6, 6.07) is 8.74. The van der Waals surface area contributed by atoms with Gasteiger partial charge in [-0.05, 0) is 32.4 Å². The molecule has 1 aromatic carbocycles. The number of alkyl halides is 3. The van der Waals surface area contributed by atoms with Gasteiger partial charge in [0.1, 0.15) is 6.26 Å². The third kappa shape index (κ3) is 3.54. The van der Waals surface area contributed by atoms with E-state index < -0.39 is 23.7 Å². The van der Waals surface area contributed by atoms with Crippen molar-refractivity contribution in [2.45, 2.75) is 38.5 Å². The molecule has 0 spiro atoms. The Hall–Kier alpha value is -2.51. The molecule has 0 radical (unpaired) electrons. The van der Waals surface area contributed by atoms with Gasteiger partial charge in [0.15, 0.2) is 0 Å². The molecule has 1 saturated heterocycles. The van der Waals surface area contributed by atoms with Crippen LogP contribution in [0, 0.1) is 5.92 Å². The zero-order valence-electron chi connectivity index (χ0n) is 14.5. The van der Waals surface area contributed by atoms with Gasteiger partial charge in [0.2, 0.25) is 5.89 Å². The van der Waals surface area contributed by atoms with Gasteiger partial charge >= 0.3 is 12.2 Å². The number of amides is 2. The van der Waals surface area contributed by atoms with E-state index in [-0.39, 0.29) is 19.5 Å². The Morgan fingerprint density at radius 3 is 2.65 bits per heavy atom. The monoisotopic (exact) mass is 367 g/mol. The number of benzene rings is 1. The van der Waals surface area contributed by atoms with Gasteiger partial charge in [-0.15, -0.1) is 0 Å². The van der Waals surface area contributed by atoms with E-state index in [4.69, 9.17) is 4.42 Å². The molecule has 0 bridgehead atoms. The Bertz CT molecular complexity index is 771. The molecule has 2 aromatic rings. The van der Waals surface area contributed by atoms with Crippen molar-refractivity contribution in [2.24, 2.45) is 5.92 Å². The molecule has 1 unspecified atom stereocenters. The van der Waals surface area contributed by atoms with Crippen LogP contribution in [0.25, 0.3) is 11.5 Å². The number of halogens is 3. The topological polar surface area (TPSA) is 58.4 Å². The smallest absolute Gasteiger partial charge is 0.394 e. The lowest BCUT2D eigenvalue weighted by Crippen LogP contribution is -2.52. The number of rotatable bonds is 3. The Kier molecular flexibility index (Phi) is 4.68. The maximum Gasteiger partial charge on any atom is 0.394 e. The average Bonchev–Trinajstić information content (AvgIpc) is 3.17. The van der Waals surface area contributed by atoms with Gasteiger partial charge < -0.3 is 14.6 Å². The van der Waals surface area contributed by atoms with Crippen LogP contribution < -0.4 is 5.32 Å². The zero-order valence-corrected chi connectivity index (χ0v) is 14.5. The fourth-order valence-electron chi connectivity index (χ4n) is 3.38. The lowest BCUT2D eigenvalue weighted by atomic mass is 9.88. The van der Waals surface area contributed by atoms with Crippen molar-refractivity contribution in [1.29, 1.82) is 0 Å². The van der Waals surface area contributed by atoms with Gasteiger partial charge in [-0.1, -0.05) is 18.2 Å². The number of oxazole rings is 1. The van der Waals surface area contributed by atoms with Gasteiger partial charge in [0.05, 0.1) is 23.7 Å². The SMILES string of the molecule is CC1(C)C(C(F)(F)F)CCN1C(=O)NCc1coc(-c2ccccc2)n1. The van der Waals surface area contributed by atoms with E-state index in [0.717, 1.165) is 5.56 Å². The molecule has 1 aliphatic heterocycles. The summed E-state index contributed by atoms with van der Waals surface area (Å²) in [5, 5.41) is 2.63. The van der Waals surface area contributed by atoms with Gasteiger partial charge in [-0.3, -0.25) is 0 Å². The maximum absolute atomic E-state index is 13.1. The largest absolute Gasteiger partial charge is 0.444 e. The van der Waals surface area contributed by atoms with E-state index >= 15 is 0 Å². The van der Waals surface area contributed by atoms with E-state index in [2.05, 4.69) is 10.3 Å². The molecular weight excluding hydrogens is 347 g/mol. The van der Waals surface area contributed by atoms with Crippen LogP contribution in [0.3, 0.4) is 0 Å². The molecule has 3 rings (SSSR count). The normalized spacial score (nSPS) is 19.6. The number of carbonyl (C=O) groups is 1. The predicted octanol–water partition coefficient (Wildman–Crippen LogP) is 4.21. The number of carbonyl (C=O) groups excluding carboxylic acids is 1. The van der Waals surface area contributed by atoms with Crippen LogP contribution in [0.5, 0.6) is 0 Å². The standard InChI is InChI=1S/C18H20F3N3O2/c1-17(2)14(18(19,20)21)8-9-24(17)16(25)22-10-13-11-26-15(23-13)12-6-4-3-5-7-12/h3-7,11,14H,8-10H2,1-2H3,(H,22,25). The van der Waals surface area contributed by atoms with Crippen molar-refractivity contribution in [3.63, 3.8) is 0 Å². The molecule has 8 heteroatoms. The number of hydrogen-bond donors (Lipinski definition) is 1. The second-order valence-electron chi connectivity index (χ2n) is 6.86. The number of nitrogens with one attached hydrogen (secondary N) is 1. The number of hydrogen-bond acceptors (Lipinski definition) is 3. The number of urea groups is 1. The molecule has 0 saturated carbocycles.